The van der Waals surface area contributed by atoms with Gasteiger partial charge in [-0.25, -0.2) is 4.79 Å². The Morgan fingerprint density at radius 3 is 2.33 bits per heavy atom. The third-order valence-corrected chi connectivity index (χ3v) is 5.66. The maximum atomic E-state index is 10.6. The van der Waals surface area contributed by atoms with Gasteiger partial charge in [0.25, 0.3) is 0 Å². The first-order chi connectivity index (χ1) is 12.3. The highest BCUT2D eigenvalue weighted by Crippen LogP contribution is 2.41. The highest BCUT2D eigenvalue weighted by molar-refractivity contribution is 8.00. The van der Waals surface area contributed by atoms with Crippen molar-refractivity contribution in [3.63, 3.8) is 0 Å². The topological polar surface area (TPSA) is 121 Å². The molecule has 0 amide bonds. The number of aliphatic carboxylic acids is 2. The predicted octanol–water partition coefficient (Wildman–Crippen LogP) is 2.76. The fourth-order valence-electron chi connectivity index (χ4n) is 2.79. The van der Waals surface area contributed by atoms with Crippen LogP contribution in [0, 0.1) is 0 Å². The molecule has 27 heavy (non-hydrogen) atoms. The Hall–Kier alpha value is -1.94. The molecule has 10 heteroatoms. The van der Waals surface area contributed by atoms with E-state index in [4.69, 9.17) is 20.7 Å². The molecule has 0 radical (unpaired) electrons. The van der Waals surface area contributed by atoms with Crippen LogP contribution in [-0.2, 0) is 21.4 Å². The Morgan fingerprint density at radius 2 is 1.85 bits per heavy atom. The lowest BCUT2D eigenvalue weighted by Gasteiger charge is -2.43. The van der Waals surface area contributed by atoms with Gasteiger partial charge in [0.15, 0.2) is 0 Å². The second-order valence-electron chi connectivity index (χ2n) is 6.65. The van der Waals surface area contributed by atoms with Crippen molar-refractivity contribution >= 4 is 23.7 Å². The van der Waals surface area contributed by atoms with Crippen molar-refractivity contribution in [1.82, 2.24) is 0 Å². The minimum atomic E-state index is -5.08. The standard InChI is InChI=1S/C15H21NO3S.C2HF3O2/c1-15(2)11-8-10(17)4-3-9(11)7-12(14(15)16)20-6-5-13(18)19;3-2(4,5)1(6)7/h3-4,8,12,14,17H,5-7,16H2,1-2H3,(H,18,19);(H,6,7). The number of halogens is 3. The molecule has 0 bridgehead atoms. The van der Waals surface area contributed by atoms with Crippen LogP contribution in [0.4, 0.5) is 13.2 Å². The molecule has 1 aromatic carbocycles. The van der Waals surface area contributed by atoms with Gasteiger partial charge >= 0.3 is 18.1 Å². The molecule has 5 N–H and O–H groups in total. The Balaban J connectivity index is 0.000000445. The van der Waals surface area contributed by atoms with E-state index in [0.717, 1.165) is 12.0 Å². The lowest BCUT2D eigenvalue weighted by atomic mass is 9.69. The second kappa shape index (κ2) is 8.83. The molecule has 0 aliphatic heterocycles. The molecule has 2 unspecified atom stereocenters. The van der Waals surface area contributed by atoms with Gasteiger partial charge in [0, 0.05) is 22.5 Å². The number of phenols is 1. The number of nitrogens with two attached hydrogens (primary N) is 1. The van der Waals surface area contributed by atoms with Crippen LogP contribution in [-0.4, -0.2) is 50.5 Å². The predicted molar refractivity (Wildman–Crippen MR) is 95.0 cm³/mol. The molecule has 6 nitrogen and oxygen atoms in total. The van der Waals surface area contributed by atoms with E-state index >= 15 is 0 Å². The zero-order chi connectivity index (χ0) is 21.0. The third-order valence-electron chi connectivity index (χ3n) is 4.33. The van der Waals surface area contributed by atoms with Crippen LogP contribution in [0.3, 0.4) is 0 Å². The van der Waals surface area contributed by atoms with Crippen LogP contribution in [0.15, 0.2) is 18.2 Å². The summed E-state index contributed by atoms with van der Waals surface area (Å²) in [6.07, 6.45) is -4.10. The van der Waals surface area contributed by atoms with Gasteiger partial charge in [-0.15, -0.1) is 0 Å². The van der Waals surface area contributed by atoms with Crippen LogP contribution in [0.1, 0.15) is 31.4 Å². The average Bonchev–Trinajstić information content (AvgIpc) is 2.52. The maximum absolute atomic E-state index is 10.6. The van der Waals surface area contributed by atoms with Gasteiger partial charge in [-0.1, -0.05) is 19.9 Å². The van der Waals surface area contributed by atoms with Gasteiger partial charge in [-0.05, 0) is 29.7 Å². The molecule has 1 aromatic rings. The smallest absolute Gasteiger partial charge is 0.490 e. The molecule has 0 saturated heterocycles. The molecule has 0 aromatic heterocycles. The van der Waals surface area contributed by atoms with E-state index in [2.05, 4.69) is 13.8 Å². The molecule has 0 fully saturated rings. The lowest BCUT2D eigenvalue weighted by molar-refractivity contribution is -0.192. The van der Waals surface area contributed by atoms with Crippen LogP contribution >= 0.6 is 11.8 Å². The van der Waals surface area contributed by atoms with E-state index in [1.807, 2.05) is 6.07 Å². The molecule has 152 valence electrons. The van der Waals surface area contributed by atoms with E-state index in [9.17, 15) is 23.1 Å². The third kappa shape index (κ3) is 6.31. The fourth-order valence-corrected chi connectivity index (χ4v) is 4.23. The van der Waals surface area contributed by atoms with Crippen molar-refractivity contribution in [2.45, 2.75) is 49.6 Å². The number of alkyl halides is 3. The summed E-state index contributed by atoms with van der Waals surface area (Å²) in [5, 5.41) is 25.7. The van der Waals surface area contributed by atoms with Crippen LogP contribution in [0.25, 0.3) is 0 Å². The number of carboxylic acids is 2. The zero-order valence-electron chi connectivity index (χ0n) is 14.8. The number of aromatic hydroxyl groups is 1. The first-order valence-corrected chi connectivity index (χ1v) is 9.03. The highest BCUT2D eigenvalue weighted by atomic mass is 32.2. The number of thioether (sulfide) groups is 1. The number of phenolic OH excluding ortho intramolecular Hbond substituents is 1. The van der Waals surface area contributed by atoms with Crippen molar-refractivity contribution in [3.05, 3.63) is 29.3 Å². The normalized spacial score (nSPS) is 20.8. The first-order valence-electron chi connectivity index (χ1n) is 7.98. The minimum absolute atomic E-state index is 0.0596. The number of hydrogen-bond acceptors (Lipinski definition) is 5. The summed E-state index contributed by atoms with van der Waals surface area (Å²) in [7, 11) is 0. The number of carboxylic acid groups (broad SMARTS) is 2. The van der Waals surface area contributed by atoms with Gasteiger partial charge in [0.05, 0.1) is 6.42 Å². The largest absolute Gasteiger partial charge is 0.508 e. The van der Waals surface area contributed by atoms with Crippen LogP contribution in [0.2, 0.25) is 0 Å². The van der Waals surface area contributed by atoms with E-state index in [0.29, 0.717) is 5.75 Å². The van der Waals surface area contributed by atoms with E-state index < -0.39 is 18.1 Å². The number of carbonyl (C=O) groups is 2. The Labute approximate surface area is 158 Å². The second-order valence-corrected chi connectivity index (χ2v) is 8.00. The van der Waals surface area contributed by atoms with Crippen LogP contribution in [0.5, 0.6) is 5.75 Å². The van der Waals surface area contributed by atoms with Gasteiger partial charge in [-0.2, -0.15) is 24.9 Å². The summed E-state index contributed by atoms with van der Waals surface area (Å²) in [5.41, 5.74) is 8.45. The molecule has 1 aliphatic rings. The molecule has 0 heterocycles. The number of benzene rings is 1. The van der Waals surface area contributed by atoms with E-state index in [-0.39, 0.29) is 28.9 Å². The fraction of sp³-hybridized carbons (Fsp3) is 0.529. The van der Waals surface area contributed by atoms with Gasteiger partial charge in [0.1, 0.15) is 5.75 Å². The lowest BCUT2D eigenvalue weighted by Crippen LogP contribution is -2.52. The summed E-state index contributed by atoms with van der Waals surface area (Å²) < 4.78 is 31.7. The van der Waals surface area contributed by atoms with Crippen molar-refractivity contribution in [3.8, 4) is 5.75 Å². The van der Waals surface area contributed by atoms with Gasteiger partial charge < -0.3 is 21.1 Å². The number of fused-ring (bicyclic) bond motifs is 1. The van der Waals surface area contributed by atoms with Crippen molar-refractivity contribution in [2.24, 2.45) is 5.73 Å². The quantitative estimate of drug-likeness (QED) is 0.603. The Kier molecular flexibility index (Phi) is 7.56. The minimum Gasteiger partial charge on any atom is -0.508 e. The number of hydrogen-bond donors (Lipinski definition) is 4. The maximum Gasteiger partial charge on any atom is 0.490 e. The first kappa shape index (κ1) is 23.1. The monoisotopic (exact) mass is 409 g/mol. The molecule has 1 aliphatic carbocycles. The summed E-state index contributed by atoms with van der Waals surface area (Å²) in [6.45, 7) is 4.17. The Bertz CT molecular complexity index is 694. The van der Waals surface area contributed by atoms with Crippen molar-refractivity contribution < 1.29 is 38.1 Å². The van der Waals surface area contributed by atoms with Crippen molar-refractivity contribution in [2.75, 3.05) is 5.75 Å². The van der Waals surface area contributed by atoms with Crippen molar-refractivity contribution in [1.29, 1.82) is 0 Å². The summed E-state index contributed by atoms with van der Waals surface area (Å²) in [6, 6.07) is 5.39. The molecular formula is C17H22F3NO5S. The summed E-state index contributed by atoms with van der Waals surface area (Å²) in [5.74, 6) is -2.68. The van der Waals surface area contributed by atoms with Gasteiger partial charge in [-0.3, -0.25) is 4.79 Å². The summed E-state index contributed by atoms with van der Waals surface area (Å²) in [4.78, 5) is 19.5. The molecule has 0 spiro atoms. The molecule has 0 saturated carbocycles. The molecular weight excluding hydrogens is 387 g/mol. The average molecular weight is 409 g/mol. The van der Waals surface area contributed by atoms with Gasteiger partial charge in [0.2, 0.25) is 0 Å². The number of rotatable bonds is 4. The highest BCUT2D eigenvalue weighted by Gasteiger charge is 2.40. The summed E-state index contributed by atoms with van der Waals surface area (Å²) >= 11 is 1.64. The van der Waals surface area contributed by atoms with Crippen LogP contribution < -0.4 is 5.73 Å². The SMILES string of the molecule is CC1(C)c2cc(O)ccc2CC(SCCC(=O)O)C1N.O=C(O)C(F)(F)F. The zero-order valence-corrected chi connectivity index (χ0v) is 15.6. The molecule has 2 rings (SSSR count). The van der Waals surface area contributed by atoms with E-state index in [1.54, 1.807) is 23.9 Å². The molecule has 2 atom stereocenters. The Morgan fingerprint density at radius 1 is 1.30 bits per heavy atom. The van der Waals surface area contributed by atoms with E-state index in [1.165, 1.54) is 5.56 Å².